The van der Waals surface area contributed by atoms with Crippen LogP contribution in [-0.4, -0.2) is 16.0 Å². The second-order valence-electron chi connectivity index (χ2n) is 4.48. The smallest absolute Gasteiger partial charge is 0.222 e. The first kappa shape index (κ1) is 10.2. The molecule has 0 spiro atoms. The van der Waals surface area contributed by atoms with Gasteiger partial charge < -0.3 is 11.1 Å². The fourth-order valence-corrected chi connectivity index (χ4v) is 1.83. The van der Waals surface area contributed by atoms with Crippen molar-refractivity contribution in [3.63, 3.8) is 0 Å². The molecule has 4 heteroatoms. The first-order chi connectivity index (χ1) is 7.13. The molecule has 1 aromatic rings. The van der Waals surface area contributed by atoms with E-state index in [1.54, 1.807) is 0 Å². The lowest BCUT2D eigenvalue weighted by molar-refractivity contribution is 0.640. The van der Waals surface area contributed by atoms with Gasteiger partial charge in [-0.1, -0.05) is 12.8 Å². The molecule has 1 aliphatic carbocycles. The molecule has 0 aromatic carbocycles. The maximum Gasteiger partial charge on any atom is 0.222 e. The summed E-state index contributed by atoms with van der Waals surface area (Å²) in [5, 5.41) is 3.36. The molecule has 82 valence electrons. The van der Waals surface area contributed by atoms with Crippen LogP contribution in [0.15, 0.2) is 6.07 Å². The van der Waals surface area contributed by atoms with Gasteiger partial charge in [-0.25, -0.2) is 4.98 Å². The number of nitrogens with one attached hydrogen (secondary N) is 1. The van der Waals surface area contributed by atoms with Crippen molar-refractivity contribution in [2.75, 3.05) is 11.1 Å². The lowest BCUT2D eigenvalue weighted by Gasteiger charge is -2.14. The van der Waals surface area contributed by atoms with E-state index in [4.69, 9.17) is 5.73 Å². The minimum absolute atomic E-state index is 0.344. The van der Waals surface area contributed by atoms with Gasteiger partial charge in [0.15, 0.2) is 0 Å². The second-order valence-corrected chi connectivity index (χ2v) is 4.48. The minimum Gasteiger partial charge on any atom is -0.368 e. The van der Waals surface area contributed by atoms with Gasteiger partial charge in [0.1, 0.15) is 5.82 Å². The van der Waals surface area contributed by atoms with E-state index in [1.165, 1.54) is 19.3 Å². The van der Waals surface area contributed by atoms with Crippen LogP contribution >= 0.6 is 0 Å². The average Bonchev–Trinajstić information content (AvgIpc) is 2.85. The zero-order chi connectivity index (χ0) is 10.8. The summed E-state index contributed by atoms with van der Waals surface area (Å²) in [5.74, 6) is 2.11. The number of aromatic nitrogens is 2. The minimum atomic E-state index is 0.344. The Morgan fingerprint density at radius 3 is 2.87 bits per heavy atom. The maximum absolute atomic E-state index is 5.59. The van der Waals surface area contributed by atoms with Crippen LogP contribution in [0.25, 0.3) is 0 Å². The Labute approximate surface area is 90.3 Å². The molecule has 1 aromatic heterocycles. The predicted molar refractivity (Wildman–Crippen MR) is 61.6 cm³/mol. The maximum atomic E-state index is 5.59. The van der Waals surface area contributed by atoms with Crippen LogP contribution in [0.3, 0.4) is 0 Å². The number of nitrogens with two attached hydrogens (primary N) is 1. The fourth-order valence-electron chi connectivity index (χ4n) is 1.83. The van der Waals surface area contributed by atoms with Crippen molar-refractivity contribution in [3.05, 3.63) is 11.8 Å². The highest BCUT2D eigenvalue weighted by molar-refractivity contribution is 5.40. The molecular weight excluding hydrogens is 188 g/mol. The topological polar surface area (TPSA) is 63.8 Å². The van der Waals surface area contributed by atoms with E-state index in [0.717, 1.165) is 17.4 Å². The van der Waals surface area contributed by atoms with Gasteiger partial charge in [0.05, 0.1) is 0 Å². The Morgan fingerprint density at radius 1 is 1.53 bits per heavy atom. The third-order valence-corrected chi connectivity index (χ3v) is 2.65. The molecule has 1 unspecified atom stereocenters. The highest BCUT2D eigenvalue weighted by Gasteiger charge is 2.23. The first-order valence-corrected chi connectivity index (χ1v) is 5.51. The van der Waals surface area contributed by atoms with Gasteiger partial charge in [-0.15, -0.1) is 0 Å². The molecule has 2 rings (SSSR count). The number of nitrogens with zero attached hydrogens (tertiary/aromatic N) is 2. The fraction of sp³-hybridized carbons (Fsp3) is 0.636. The molecule has 0 radical (unpaired) electrons. The van der Waals surface area contributed by atoms with Gasteiger partial charge in [-0.05, 0) is 26.2 Å². The number of hydrogen-bond acceptors (Lipinski definition) is 4. The Morgan fingerprint density at radius 2 is 2.27 bits per heavy atom. The zero-order valence-corrected chi connectivity index (χ0v) is 9.33. The summed E-state index contributed by atoms with van der Waals surface area (Å²) >= 11 is 0. The summed E-state index contributed by atoms with van der Waals surface area (Å²) in [4.78, 5) is 8.20. The number of nitrogen functional groups attached to an aromatic ring is 1. The Balaban J connectivity index is 1.96. The van der Waals surface area contributed by atoms with Gasteiger partial charge in [0.2, 0.25) is 5.95 Å². The molecule has 1 saturated carbocycles. The molecule has 1 atom stereocenters. The van der Waals surface area contributed by atoms with Crippen LogP contribution in [0.2, 0.25) is 0 Å². The number of anilines is 2. The molecule has 15 heavy (non-hydrogen) atoms. The highest BCUT2D eigenvalue weighted by atomic mass is 15.1. The standard InChI is InChI=1S/C11H18N4/c1-7(5-9-3-4-9)13-10-6-8(2)14-11(12)15-10/h6-7,9H,3-5H2,1-2H3,(H3,12,13,14,15). The normalized spacial score (nSPS) is 17.5. The summed E-state index contributed by atoms with van der Waals surface area (Å²) in [6.45, 7) is 4.11. The number of hydrogen-bond donors (Lipinski definition) is 2. The van der Waals surface area contributed by atoms with E-state index in [1.807, 2.05) is 13.0 Å². The summed E-state index contributed by atoms with van der Waals surface area (Å²) < 4.78 is 0. The van der Waals surface area contributed by atoms with E-state index in [9.17, 15) is 0 Å². The third-order valence-electron chi connectivity index (χ3n) is 2.65. The summed E-state index contributed by atoms with van der Waals surface area (Å²) in [7, 11) is 0. The van der Waals surface area contributed by atoms with Gasteiger partial charge >= 0.3 is 0 Å². The van der Waals surface area contributed by atoms with Crippen LogP contribution in [0.5, 0.6) is 0 Å². The molecule has 1 fully saturated rings. The van der Waals surface area contributed by atoms with Crippen molar-refractivity contribution in [1.29, 1.82) is 0 Å². The molecule has 0 amide bonds. The Hall–Kier alpha value is -1.32. The molecule has 4 nitrogen and oxygen atoms in total. The van der Waals surface area contributed by atoms with Crippen LogP contribution in [-0.2, 0) is 0 Å². The van der Waals surface area contributed by atoms with Crippen molar-refractivity contribution in [2.45, 2.75) is 39.2 Å². The Kier molecular flexibility index (Phi) is 2.75. The van der Waals surface area contributed by atoms with Gasteiger partial charge in [0.25, 0.3) is 0 Å². The van der Waals surface area contributed by atoms with Crippen molar-refractivity contribution in [3.8, 4) is 0 Å². The summed E-state index contributed by atoms with van der Waals surface area (Å²) in [5.41, 5.74) is 6.49. The quantitative estimate of drug-likeness (QED) is 0.790. The van der Waals surface area contributed by atoms with Crippen LogP contribution in [0.1, 0.15) is 31.9 Å². The van der Waals surface area contributed by atoms with E-state index < -0.39 is 0 Å². The average molecular weight is 206 g/mol. The van der Waals surface area contributed by atoms with E-state index in [-0.39, 0.29) is 0 Å². The van der Waals surface area contributed by atoms with Crippen molar-refractivity contribution < 1.29 is 0 Å². The van der Waals surface area contributed by atoms with E-state index >= 15 is 0 Å². The molecule has 1 heterocycles. The van der Waals surface area contributed by atoms with E-state index in [0.29, 0.717) is 12.0 Å². The van der Waals surface area contributed by atoms with Gasteiger partial charge in [-0.2, -0.15) is 4.98 Å². The first-order valence-electron chi connectivity index (χ1n) is 5.51. The highest BCUT2D eigenvalue weighted by Crippen LogP contribution is 2.33. The largest absolute Gasteiger partial charge is 0.368 e. The monoisotopic (exact) mass is 206 g/mol. The predicted octanol–water partition coefficient (Wildman–Crippen LogP) is 1.97. The molecule has 0 aliphatic heterocycles. The molecule has 1 aliphatic rings. The van der Waals surface area contributed by atoms with E-state index in [2.05, 4.69) is 22.2 Å². The van der Waals surface area contributed by atoms with Gasteiger partial charge in [0, 0.05) is 17.8 Å². The summed E-state index contributed by atoms with van der Waals surface area (Å²) in [6, 6.07) is 2.39. The second kappa shape index (κ2) is 4.04. The lowest BCUT2D eigenvalue weighted by atomic mass is 10.1. The molecule has 3 N–H and O–H groups in total. The molecule has 0 bridgehead atoms. The third kappa shape index (κ3) is 3.08. The summed E-state index contributed by atoms with van der Waals surface area (Å²) in [6.07, 6.45) is 4.00. The molecule has 0 saturated heterocycles. The lowest BCUT2D eigenvalue weighted by Crippen LogP contribution is -2.17. The van der Waals surface area contributed by atoms with Crippen LogP contribution < -0.4 is 11.1 Å². The van der Waals surface area contributed by atoms with Crippen LogP contribution in [0.4, 0.5) is 11.8 Å². The SMILES string of the molecule is Cc1cc(NC(C)CC2CC2)nc(N)n1. The van der Waals surface area contributed by atoms with Crippen molar-refractivity contribution >= 4 is 11.8 Å². The number of aryl methyl sites for hydroxylation is 1. The molecular formula is C11H18N4. The van der Waals surface area contributed by atoms with Crippen molar-refractivity contribution in [1.82, 2.24) is 9.97 Å². The number of rotatable bonds is 4. The Bertz CT molecular complexity index is 326. The van der Waals surface area contributed by atoms with Gasteiger partial charge in [-0.3, -0.25) is 0 Å². The van der Waals surface area contributed by atoms with Crippen molar-refractivity contribution in [2.24, 2.45) is 5.92 Å². The zero-order valence-electron chi connectivity index (χ0n) is 9.33. The van der Waals surface area contributed by atoms with Crippen LogP contribution in [0, 0.1) is 12.8 Å².